The molecule has 29 heavy (non-hydrogen) atoms. The summed E-state index contributed by atoms with van der Waals surface area (Å²) in [5.74, 6) is -0.857. The smallest absolute Gasteiger partial charge is 0.311 e. The van der Waals surface area contributed by atoms with Crippen LogP contribution in [0.2, 0.25) is 0 Å². The van der Waals surface area contributed by atoms with E-state index < -0.39 is 11.5 Å². The van der Waals surface area contributed by atoms with E-state index in [1.54, 1.807) is 6.92 Å². The molecule has 0 heterocycles. The number of esters is 2. The lowest BCUT2D eigenvalue weighted by molar-refractivity contribution is -0.166. The van der Waals surface area contributed by atoms with Crippen molar-refractivity contribution in [3.05, 3.63) is 0 Å². The summed E-state index contributed by atoms with van der Waals surface area (Å²) >= 11 is 0. The molecule has 0 bridgehead atoms. The average molecular weight is 436 g/mol. The number of carbonyl (C=O) groups excluding carboxylic acids is 2. The summed E-state index contributed by atoms with van der Waals surface area (Å²) in [5, 5.41) is 11.6. The van der Waals surface area contributed by atoms with Gasteiger partial charge in [-0.05, 0) is 58.4 Å². The first-order chi connectivity index (χ1) is 13.5. The maximum absolute atomic E-state index is 12.7. The Morgan fingerprint density at radius 3 is 2.24 bits per heavy atom. The van der Waals surface area contributed by atoms with Crippen molar-refractivity contribution < 1.29 is 24.2 Å². The lowest BCUT2D eigenvalue weighted by Crippen LogP contribution is -2.51. The first-order valence-electron chi connectivity index (χ1n) is 11.2. The molecular formula is C22H42ClNO5. The highest BCUT2D eigenvalue weighted by atomic mass is 35.5. The molecule has 3 N–H and O–H groups in total. The summed E-state index contributed by atoms with van der Waals surface area (Å²) in [6, 6.07) is 0. The van der Waals surface area contributed by atoms with Crippen LogP contribution >= 0.6 is 12.4 Å². The van der Waals surface area contributed by atoms with Gasteiger partial charge in [0.15, 0.2) is 0 Å². The molecule has 0 spiro atoms. The molecule has 0 amide bonds. The van der Waals surface area contributed by atoms with E-state index in [1.165, 1.54) is 6.42 Å². The molecule has 1 fully saturated rings. The quantitative estimate of drug-likeness (QED) is 0.314. The van der Waals surface area contributed by atoms with E-state index in [4.69, 9.17) is 15.2 Å². The zero-order chi connectivity index (χ0) is 20.8. The van der Waals surface area contributed by atoms with E-state index in [9.17, 15) is 14.7 Å². The summed E-state index contributed by atoms with van der Waals surface area (Å²) in [5.41, 5.74) is 4.75. The van der Waals surface area contributed by atoms with Crippen LogP contribution in [-0.2, 0) is 19.1 Å². The number of rotatable bonds is 14. The minimum Gasteiger partial charge on any atom is -0.466 e. The summed E-state index contributed by atoms with van der Waals surface area (Å²) in [7, 11) is 0. The Morgan fingerprint density at radius 1 is 1.03 bits per heavy atom. The van der Waals surface area contributed by atoms with Gasteiger partial charge in [-0.2, -0.15) is 0 Å². The Hall–Kier alpha value is -0.850. The summed E-state index contributed by atoms with van der Waals surface area (Å²) in [6.45, 7) is 4.71. The third kappa shape index (κ3) is 9.67. The molecule has 2 unspecified atom stereocenters. The normalized spacial score (nSPS) is 17.7. The second kappa shape index (κ2) is 15.9. The number of hydrogen-bond acceptors (Lipinski definition) is 6. The van der Waals surface area contributed by atoms with Crippen LogP contribution in [0.3, 0.4) is 0 Å². The van der Waals surface area contributed by atoms with Crippen LogP contribution in [-0.4, -0.2) is 42.4 Å². The highest BCUT2D eigenvalue weighted by Crippen LogP contribution is 2.41. The van der Waals surface area contributed by atoms with Crippen molar-refractivity contribution in [3.63, 3.8) is 0 Å². The number of halogens is 1. The molecule has 1 saturated carbocycles. The van der Waals surface area contributed by atoms with Gasteiger partial charge in [0.25, 0.3) is 0 Å². The molecule has 0 radical (unpaired) electrons. The SMILES string of the molecule is CCOC(=O)CCCCCCC(C(=O)OCC)C(O)(CCN)C1CCCCC1.Cl. The van der Waals surface area contributed by atoms with Gasteiger partial charge < -0.3 is 20.3 Å². The average Bonchev–Trinajstić information content (AvgIpc) is 2.68. The molecule has 7 heteroatoms. The fraction of sp³-hybridized carbons (Fsp3) is 0.909. The van der Waals surface area contributed by atoms with E-state index in [0.717, 1.165) is 51.4 Å². The lowest BCUT2D eigenvalue weighted by atomic mass is 9.67. The molecule has 2 atom stereocenters. The molecule has 0 aliphatic heterocycles. The summed E-state index contributed by atoms with van der Waals surface area (Å²) in [6.07, 6.45) is 10.2. The molecule has 0 aromatic heterocycles. The third-order valence-electron chi connectivity index (χ3n) is 5.96. The second-order valence-electron chi connectivity index (χ2n) is 7.93. The van der Waals surface area contributed by atoms with Crippen molar-refractivity contribution in [2.24, 2.45) is 17.6 Å². The van der Waals surface area contributed by atoms with E-state index in [-0.39, 0.29) is 30.3 Å². The van der Waals surface area contributed by atoms with Crippen LogP contribution in [0.15, 0.2) is 0 Å². The topological polar surface area (TPSA) is 98.9 Å². The highest BCUT2D eigenvalue weighted by Gasteiger charge is 2.47. The minimum absolute atomic E-state index is 0. The van der Waals surface area contributed by atoms with E-state index >= 15 is 0 Å². The van der Waals surface area contributed by atoms with Gasteiger partial charge in [0, 0.05) is 6.42 Å². The van der Waals surface area contributed by atoms with Crippen LogP contribution in [0, 0.1) is 11.8 Å². The van der Waals surface area contributed by atoms with Gasteiger partial charge in [0.2, 0.25) is 0 Å². The van der Waals surface area contributed by atoms with E-state index in [2.05, 4.69) is 0 Å². The molecular weight excluding hydrogens is 394 g/mol. The molecule has 1 aliphatic carbocycles. The van der Waals surface area contributed by atoms with Crippen molar-refractivity contribution >= 4 is 24.3 Å². The first-order valence-corrected chi connectivity index (χ1v) is 11.2. The molecule has 0 aromatic rings. The second-order valence-corrected chi connectivity index (χ2v) is 7.93. The van der Waals surface area contributed by atoms with Gasteiger partial charge in [-0.25, -0.2) is 0 Å². The Kier molecular flexibility index (Phi) is 15.5. The zero-order valence-corrected chi connectivity index (χ0v) is 19.1. The number of unbranched alkanes of at least 4 members (excludes halogenated alkanes) is 3. The van der Waals surface area contributed by atoms with Gasteiger partial charge in [-0.15, -0.1) is 12.4 Å². The van der Waals surface area contributed by atoms with Gasteiger partial charge in [0.1, 0.15) is 0 Å². The van der Waals surface area contributed by atoms with Crippen molar-refractivity contribution in [1.29, 1.82) is 0 Å². The van der Waals surface area contributed by atoms with Crippen LogP contribution in [0.4, 0.5) is 0 Å². The van der Waals surface area contributed by atoms with E-state index in [1.807, 2.05) is 6.92 Å². The predicted molar refractivity (Wildman–Crippen MR) is 117 cm³/mol. The predicted octanol–water partition coefficient (Wildman–Crippen LogP) is 4.15. The van der Waals surface area contributed by atoms with Gasteiger partial charge in [-0.3, -0.25) is 9.59 Å². The van der Waals surface area contributed by atoms with Crippen LogP contribution in [0.5, 0.6) is 0 Å². The van der Waals surface area contributed by atoms with Crippen LogP contribution < -0.4 is 5.73 Å². The lowest BCUT2D eigenvalue weighted by Gasteiger charge is -2.43. The first kappa shape index (κ1) is 28.1. The molecule has 0 aromatic carbocycles. The van der Waals surface area contributed by atoms with Crippen LogP contribution in [0.25, 0.3) is 0 Å². The van der Waals surface area contributed by atoms with E-state index in [0.29, 0.717) is 39.0 Å². The fourth-order valence-corrected chi connectivity index (χ4v) is 4.52. The Labute approximate surface area is 182 Å². The number of carbonyl (C=O) groups is 2. The van der Waals surface area contributed by atoms with Gasteiger partial charge >= 0.3 is 11.9 Å². The minimum atomic E-state index is -1.08. The number of nitrogens with two attached hydrogens (primary N) is 1. The van der Waals surface area contributed by atoms with Crippen molar-refractivity contribution in [2.45, 2.75) is 96.5 Å². The number of ether oxygens (including phenoxy) is 2. The fourth-order valence-electron chi connectivity index (χ4n) is 4.52. The van der Waals surface area contributed by atoms with Crippen LogP contribution in [0.1, 0.15) is 90.9 Å². The van der Waals surface area contributed by atoms with Crippen molar-refractivity contribution in [1.82, 2.24) is 0 Å². The summed E-state index contributed by atoms with van der Waals surface area (Å²) < 4.78 is 10.3. The molecule has 6 nitrogen and oxygen atoms in total. The van der Waals surface area contributed by atoms with Crippen molar-refractivity contribution in [2.75, 3.05) is 19.8 Å². The highest BCUT2D eigenvalue weighted by molar-refractivity contribution is 5.85. The largest absolute Gasteiger partial charge is 0.466 e. The maximum Gasteiger partial charge on any atom is 0.311 e. The molecule has 0 saturated heterocycles. The van der Waals surface area contributed by atoms with Gasteiger partial charge in [0.05, 0.1) is 24.7 Å². The standard InChI is InChI=1S/C22H41NO5.ClH/c1-3-27-20(24)15-11-6-5-10-14-19(21(25)28-4-2)22(26,16-17-23)18-12-8-7-9-13-18;/h18-19,26H,3-17,23H2,1-2H3;1H. The van der Waals surface area contributed by atoms with Gasteiger partial charge in [-0.1, -0.05) is 38.5 Å². The Bertz CT molecular complexity index is 456. The molecule has 172 valence electrons. The van der Waals surface area contributed by atoms with Crippen molar-refractivity contribution in [3.8, 4) is 0 Å². The number of aliphatic hydroxyl groups is 1. The Balaban J connectivity index is 0.00000784. The third-order valence-corrected chi connectivity index (χ3v) is 5.96. The summed E-state index contributed by atoms with van der Waals surface area (Å²) in [4.78, 5) is 24.1. The zero-order valence-electron chi connectivity index (χ0n) is 18.3. The molecule has 1 aliphatic rings. The maximum atomic E-state index is 12.7. The monoisotopic (exact) mass is 435 g/mol. The number of hydrogen-bond donors (Lipinski definition) is 2. The molecule has 1 rings (SSSR count). The Morgan fingerprint density at radius 2 is 1.66 bits per heavy atom.